The third-order valence-corrected chi connectivity index (χ3v) is 4.24. The summed E-state index contributed by atoms with van der Waals surface area (Å²) in [7, 11) is 0. The average Bonchev–Trinajstić information content (AvgIpc) is 2.65. The molecule has 0 amide bonds. The Kier molecular flexibility index (Phi) is 4.78. The standard InChI is InChI=1S/C15H25N3O2/c1-12(2)10-18-13(16-11-17-18)9-15(14(19)20)7-5-3-4-6-8-15/h11-12H,3-10H2,1-2H3,(H,19,20). The summed E-state index contributed by atoms with van der Waals surface area (Å²) in [6, 6.07) is 0. The van der Waals surface area contributed by atoms with Crippen molar-refractivity contribution in [2.75, 3.05) is 0 Å². The molecule has 2 rings (SSSR count). The zero-order chi connectivity index (χ0) is 14.6. The van der Waals surface area contributed by atoms with E-state index in [1.165, 1.54) is 0 Å². The Morgan fingerprint density at radius 3 is 2.55 bits per heavy atom. The molecule has 0 saturated heterocycles. The molecule has 0 aliphatic heterocycles. The van der Waals surface area contributed by atoms with Gasteiger partial charge in [-0.2, -0.15) is 5.10 Å². The molecule has 0 unspecified atom stereocenters. The molecule has 1 aromatic rings. The van der Waals surface area contributed by atoms with Crippen LogP contribution in [0.3, 0.4) is 0 Å². The number of nitrogens with zero attached hydrogens (tertiary/aromatic N) is 3. The molecule has 5 nitrogen and oxygen atoms in total. The van der Waals surface area contributed by atoms with Crippen molar-refractivity contribution < 1.29 is 9.90 Å². The van der Waals surface area contributed by atoms with Gasteiger partial charge in [-0.1, -0.05) is 39.5 Å². The molecule has 112 valence electrons. The first-order valence-corrected chi connectivity index (χ1v) is 7.63. The molecule has 1 fully saturated rings. The SMILES string of the molecule is CC(C)Cn1ncnc1CC1(C(=O)O)CCCCCC1. The number of carboxylic acid groups (broad SMARTS) is 1. The summed E-state index contributed by atoms with van der Waals surface area (Å²) in [6.07, 6.45) is 7.88. The lowest BCUT2D eigenvalue weighted by Crippen LogP contribution is -2.34. The monoisotopic (exact) mass is 279 g/mol. The van der Waals surface area contributed by atoms with E-state index in [4.69, 9.17) is 0 Å². The van der Waals surface area contributed by atoms with Crippen molar-refractivity contribution >= 4 is 5.97 Å². The first kappa shape index (κ1) is 15.0. The largest absolute Gasteiger partial charge is 0.481 e. The van der Waals surface area contributed by atoms with E-state index in [2.05, 4.69) is 23.9 Å². The smallest absolute Gasteiger partial charge is 0.310 e. The van der Waals surface area contributed by atoms with Crippen LogP contribution in [-0.2, 0) is 17.8 Å². The molecule has 1 aromatic heterocycles. The van der Waals surface area contributed by atoms with Gasteiger partial charge in [0.1, 0.15) is 12.2 Å². The van der Waals surface area contributed by atoms with Crippen molar-refractivity contribution in [1.29, 1.82) is 0 Å². The lowest BCUT2D eigenvalue weighted by atomic mass is 9.77. The van der Waals surface area contributed by atoms with E-state index in [0.717, 1.165) is 50.9 Å². The second-order valence-corrected chi connectivity index (χ2v) is 6.43. The molecule has 1 aliphatic carbocycles. The van der Waals surface area contributed by atoms with Crippen molar-refractivity contribution in [2.24, 2.45) is 11.3 Å². The molecular weight excluding hydrogens is 254 g/mol. The molecule has 0 aromatic carbocycles. The van der Waals surface area contributed by atoms with Gasteiger partial charge in [0.25, 0.3) is 0 Å². The van der Waals surface area contributed by atoms with E-state index in [9.17, 15) is 9.90 Å². The second kappa shape index (κ2) is 6.37. The maximum absolute atomic E-state index is 11.8. The molecule has 1 saturated carbocycles. The van der Waals surface area contributed by atoms with E-state index in [-0.39, 0.29) is 0 Å². The maximum atomic E-state index is 11.8. The highest BCUT2D eigenvalue weighted by molar-refractivity contribution is 5.75. The topological polar surface area (TPSA) is 68.0 Å². The summed E-state index contributed by atoms with van der Waals surface area (Å²) in [6.45, 7) is 5.05. The zero-order valence-corrected chi connectivity index (χ0v) is 12.5. The van der Waals surface area contributed by atoms with Crippen molar-refractivity contribution in [3.63, 3.8) is 0 Å². The highest BCUT2D eigenvalue weighted by Crippen LogP contribution is 2.38. The fourth-order valence-corrected chi connectivity index (χ4v) is 3.10. The molecule has 20 heavy (non-hydrogen) atoms. The minimum absolute atomic E-state index is 0.477. The summed E-state index contributed by atoms with van der Waals surface area (Å²) >= 11 is 0. The van der Waals surface area contributed by atoms with Gasteiger partial charge < -0.3 is 5.11 Å². The highest BCUT2D eigenvalue weighted by atomic mass is 16.4. The van der Waals surface area contributed by atoms with Crippen LogP contribution in [0.15, 0.2) is 6.33 Å². The minimum Gasteiger partial charge on any atom is -0.481 e. The van der Waals surface area contributed by atoms with Crippen LogP contribution >= 0.6 is 0 Å². The molecule has 5 heteroatoms. The van der Waals surface area contributed by atoms with Crippen LogP contribution in [0.5, 0.6) is 0 Å². The Balaban J connectivity index is 2.19. The Labute approximate surface area is 120 Å². The fourth-order valence-electron chi connectivity index (χ4n) is 3.10. The van der Waals surface area contributed by atoms with Crippen LogP contribution in [0, 0.1) is 11.3 Å². The van der Waals surface area contributed by atoms with Crippen LogP contribution < -0.4 is 0 Å². The second-order valence-electron chi connectivity index (χ2n) is 6.43. The fraction of sp³-hybridized carbons (Fsp3) is 0.800. The number of rotatable bonds is 5. The third-order valence-electron chi connectivity index (χ3n) is 4.24. The lowest BCUT2D eigenvalue weighted by molar-refractivity contribution is -0.150. The first-order chi connectivity index (χ1) is 9.53. The van der Waals surface area contributed by atoms with E-state index < -0.39 is 11.4 Å². The molecule has 0 bridgehead atoms. The normalized spacial score (nSPS) is 18.9. The summed E-state index contributed by atoms with van der Waals surface area (Å²) < 4.78 is 1.88. The minimum atomic E-state index is -0.668. The number of hydrogen-bond acceptors (Lipinski definition) is 3. The summed E-state index contributed by atoms with van der Waals surface area (Å²) in [5.74, 6) is 0.631. The quantitative estimate of drug-likeness (QED) is 0.841. The predicted molar refractivity (Wildman–Crippen MR) is 76.3 cm³/mol. The van der Waals surface area contributed by atoms with Gasteiger partial charge in [-0.3, -0.25) is 4.79 Å². The van der Waals surface area contributed by atoms with Crippen molar-refractivity contribution in [3.8, 4) is 0 Å². The van der Waals surface area contributed by atoms with Crippen molar-refractivity contribution in [2.45, 2.75) is 65.3 Å². The van der Waals surface area contributed by atoms with Gasteiger partial charge in [-0.15, -0.1) is 0 Å². The third kappa shape index (κ3) is 3.38. The number of carbonyl (C=O) groups is 1. The van der Waals surface area contributed by atoms with E-state index >= 15 is 0 Å². The maximum Gasteiger partial charge on any atom is 0.310 e. The van der Waals surface area contributed by atoms with Crippen LogP contribution in [0.1, 0.15) is 58.2 Å². The van der Waals surface area contributed by atoms with Crippen LogP contribution in [0.25, 0.3) is 0 Å². The molecule has 0 atom stereocenters. The van der Waals surface area contributed by atoms with E-state index in [1.807, 2.05) is 4.68 Å². The Morgan fingerprint density at radius 2 is 2.00 bits per heavy atom. The first-order valence-electron chi connectivity index (χ1n) is 7.63. The molecule has 1 aliphatic rings. The number of carboxylic acids is 1. The molecule has 0 spiro atoms. The number of aliphatic carboxylic acids is 1. The molecular formula is C15H25N3O2. The van der Waals surface area contributed by atoms with Crippen LogP contribution in [0.2, 0.25) is 0 Å². The average molecular weight is 279 g/mol. The highest BCUT2D eigenvalue weighted by Gasteiger charge is 2.40. The Hall–Kier alpha value is -1.39. The molecule has 1 N–H and O–H groups in total. The van der Waals surface area contributed by atoms with Crippen molar-refractivity contribution in [1.82, 2.24) is 14.8 Å². The van der Waals surface area contributed by atoms with Crippen LogP contribution in [-0.4, -0.2) is 25.8 Å². The summed E-state index contributed by atoms with van der Waals surface area (Å²) in [5, 5.41) is 14.0. The van der Waals surface area contributed by atoms with Gasteiger partial charge >= 0.3 is 5.97 Å². The predicted octanol–water partition coefficient (Wildman–Crippen LogP) is 2.90. The van der Waals surface area contributed by atoms with Gasteiger partial charge in [0.05, 0.1) is 5.41 Å². The number of hydrogen-bond donors (Lipinski definition) is 1. The van der Waals surface area contributed by atoms with E-state index in [0.29, 0.717) is 12.3 Å². The van der Waals surface area contributed by atoms with Crippen LogP contribution in [0.4, 0.5) is 0 Å². The lowest BCUT2D eigenvalue weighted by Gasteiger charge is -2.27. The zero-order valence-electron chi connectivity index (χ0n) is 12.5. The van der Waals surface area contributed by atoms with E-state index in [1.54, 1.807) is 6.33 Å². The van der Waals surface area contributed by atoms with Gasteiger partial charge in [0, 0.05) is 13.0 Å². The van der Waals surface area contributed by atoms with Crippen molar-refractivity contribution in [3.05, 3.63) is 12.2 Å². The number of aromatic nitrogens is 3. The summed E-state index contributed by atoms with van der Waals surface area (Å²) in [5.41, 5.74) is -0.641. The van der Waals surface area contributed by atoms with Gasteiger partial charge in [0.15, 0.2) is 0 Å². The Bertz CT molecular complexity index is 446. The van der Waals surface area contributed by atoms with Gasteiger partial charge in [0.2, 0.25) is 0 Å². The Morgan fingerprint density at radius 1 is 1.35 bits per heavy atom. The molecule has 1 heterocycles. The summed E-state index contributed by atoms with van der Waals surface area (Å²) in [4.78, 5) is 16.1. The van der Waals surface area contributed by atoms with Gasteiger partial charge in [-0.25, -0.2) is 9.67 Å². The molecule has 0 radical (unpaired) electrons. The van der Waals surface area contributed by atoms with Gasteiger partial charge in [-0.05, 0) is 18.8 Å².